The Bertz CT molecular complexity index is 1960. The maximum Gasteiger partial charge on any atom is 0.150 e. The smallest absolute Gasteiger partial charge is 0.150 e. The third kappa shape index (κ3) is 7.70. The van der Waals surface area contributed by atoms with E-state index in [0.29, 0.717) is 5.56 Å². The van der Waals surface area contributed by atoms with Crippen molar-refractivity contribution in [2.75, 3.05) is 9.80 Å². The highest BCUT2D eigenvalue weighted by atomic mass is 16.1. The average Bonchev–Trinajstić information content (AvgIpc) is 3.19. The number of anilines is 6. The number of hydrogen-bond acceptors (Lipinski definition) is 3. The first kappa shape index (κ1) is 31.9. The van der Waals surface area contributed by atoms with E-state index in [-0.39, 0.29) is 0 Å². The number of benzene rings is 7. The zero-order chi connectivity index (χ0) is 34.0. The van der Waals surface area contributed by atoms with E-state index < -0.39 is 0 Å². The summed E-state index contributed by atoms with van der Waals surface area (Å²) in [5, 5.41) is 0. The summed E-state index contributed by atoms with van der Waals surface area (Å²) in [4.78, 5) is 16.4. The van der Waals surface area contributed by atoms with Crippen LogP contribution in [0.25, 0.3) is 24.3 Å². The molecule has 0 fully saturated rings. The highest BCUT2D eigenvalue weighted by molar-refractivity contribution is 5.83. The molecule has 240 valence electrons. The lowest BCUT2D eigenvalue weighted by Crippen LogP contribution is -2.09. The predicted octanol–water partition coefficient (Wildman–Crippen LogP) is 12.8. The Labute approximate surface area is 294 Å². The van der Waals surface area contributed by atoms with Gasteiger partial charge in [0.15, 0.2) is 0 Å². The highest BCUT2D eigenvalue weighted by Crippen LogP contribution is 2.35. The Morgan fingerprint density at radius 3 is 0.840 bits per heavy atom. The third-order valence-corrected chi connectivity index (χ3v) is 8.43. The molecule has 0 bridgehead atoms. The number of carbonyl (C=O) groups is 1. The average molecular weight is 645 g/mol. The lowest BCUT2D eigenvalue weighted by molar-refractivity contribution is 0.112. The summed E-state index contributed by atoms with van der Waals surface area (Å²) in [5.41, 5.74) is 11.3. The van der Waals surface area contributed by atoms with Gasteiger partial charge in [-0.1, -0.05) is 121 Å². The van der Waals surface area contributed by atoms with Gasteiger partial charge < -0.3 is 9.80 Å². The van der Waals surface area contributed by atoms with Crippen molar-refractivity contribution in [1.29, 1.82) is 0 Å². The van der Waals surface area contributed by atoms with E-state index >= 15 is 0 Å². The van der Waals surface area contributed by atoms with Crippen LogP contribution >= 0.6 is 0 Å². The van der Waals surface area contributed by atoms with Crippen molar-refractivity contribution in [3.63, 3.8) is 0 Å². The highest BCUT2D eigenvalue weighted by Gasteiger charge is 2.12. The van der Waals surface area contributed by atoms with Crippen molar-refractivity contribution >= 4 is 64.7 Å². The molecule has 7 aromatic rings. The fraction of sp³-hybridized carbons (Fsp3) is 0. The van der Waals surface area contributed by atoms with Gasteiger partial charge in [0.05, 0.1) is 0 Å². The molecule has 0 atom stereocenters. The molecule has 50 heavy (non-hydrogen) atoms. The molecule has 0 spiro atoms. The van der Waals surface area contributed by atoms with Gasteiger partial charge in [0.25, 0.3) is 0 Å². The summed E-state index contributed by atoms with van der Waals surface area (Å²) < 4.78 is 0. The van der Waals surface area contributed by atoms with Gasteiger partial charge in [-0.3, -0.25) is 4.79 Å². The van der Waals surface area contributed by atoms with Crippen LogP contribution in [0, 0.1) is 0 Å². The van der Waals surface area contributed by atoms with Crippen molar-refractivity contribution in [2.45, 2.75) is 0 Å². The summed E-state index contributed by atoms with van der Waals surface area (Å²) >= 11 is 0. The monoisotopic (exact) mass is 644 g/mol. The summed E-state index contributed by atoms with van der Waals surface area (Å²) in [7, 11) is 0. The molecule has 0 saturated heterocycles. The van der Waals surface area contributed by atoms with Gasteiger partial charge in [0, 0.05) is 39.7 Å². The molecule has 0 aliphatic rings. The molecule has 0 aliphatic heterocycles. The molecular weight excluding hydrogens is 609 g/mol. The number of hydrogen-bond donors (Lipinski definition) is 0. The number of carbonyl (C=O) groups excluding carboxylic acids is 1. The molecule has 0 aliphatic carbocycles. The first-order valence-corrected chi connectivity index (χ1v) is 16.7. The van der Waals surface area contributed by atoms with Crippen molar-refractivity contribution in [1.82, 2.24) is 0 Å². The Hall–Kier alpha value is -6.71. The topological polar surface area (TPSA) is 23.6 Å². The molecule has 0 N–H and O–H groups in total. The second-order valence-electron chi connectivity index (χ2n) is 11.9. The quantitative estimate of drug-likeness (QED) is 0.103. The minimum absolute atomic E-state index is 0.639. The molecule has 3 heteroatoms. The maximum atomic E-state index is 11.9. The van der Waals surface area contributed by atoms with Crippen LogP contribution in [0.5, 0.6) is 0 Å². The third-order valence-electron chi connectivity index (χ3n) is 8.43. The summed E-state index contributed by atoms with van der Waals surface area (Å²) in [5.74, 6) is 0. The van der Waals surface area contributed by atoms with Gasteiger partial charge in [-0.25, -0.2) is 0 Å². The van der Waals surface area contributed by atoms with Crippen LogP contribution < -0.4 is 9.80 Å². The first-order chi connectivity index (χ1) is 24.7. The molecule has 0 saturated carbocycles. The normalized spacial score (nSPS) is 11.1. The first-order valence-electron chi connectivity index (χ1n) is 16.7. The molecule has 0 unspecified atom stereocenters. The fourth-order valence-electron chi connectivity index (χ4n) is 6.02. The molecule has 3 nitrogen and oxygen atoms in total. The van der Waals surface area contributed by atoms with E-state index in [2.05, 4.69) is 186 Å². The van der Waals surface area contributed by atoms with Gasteiger partial charge >= 0.3 is 0 Å². The van der Waals surface area contributed by atoms with Crippen LogP contribution in [0.15, 0.2) is 188 Å². The van der Waals surface area contributed by atoms with Crippen molar-refractivity contribution < 1.29 is 4.79 Å². The maximum absolute atomic E-state index is 11.9. The zero-order valence-electron chi connectivity index (χ0n) is 27.6. The molecule has 7 rings (SSSR count). The molecule has 0 heterocycles. The number of nitrogens with zero attached hydrogens (tertiary/aromatic N) is 2. The van der Waals surface area contributed by atoms with E-state index in [4.69, 9.17) is 0 Å². The Balaban J connectivity index is 1.09. The summed E-state index contributed by atoms with van der Waals surface area (Å²) in [6.07, 6.45) is 9.19. The number of aldehydes is 1. The molecule has 0 radical (unpaired) electrons. The SMILES string of the molecule is O=Cc1cc(/C=C/c2ccc(N(c3ccccc3)c3ccccc3)cc2)cc(/C=C/c2ccc(N(c3ccccc3)c3ccccc3)cc2)c1. The summed E-state index contributed by atoms with van der Waals surface area (Å²) in [6, 6.07) is 64.5. The fourth-order valence-corrected chi connectivity index (χ4v) is 6.02. The second-order valence-corrected chi connectivity index (χ2v) is 11.9. The van der Waals surface area contributed by atoms with E-state index in [1.807, 2.05) is 36.4 Å². The van der Waals surface area contributed by atoms with Crippen molar-refractivity contribution in [3.8, 4) is 0 Å². The van der Waals surface area contributed by atoms with Crippen LogP contribution in [-0.4, -0.2) is 6.29 Å². The summed E-state index contributed by atoms with van der Waals surface area (Å²) in [6.45, 7) is 0. The molecule has 0 amide bonds. The van der Waals surface area contributed by atoms with Gasteiger partial charge in [-0.05, 0) is 113 Å². The number of rotatable bonds is 11. The minimum atomic E-state index is 0.639. The van der Waals surface area contributed by atoms with Gasteiger partial charge in [0.1, 0.15) is 6.29 Å². The van der Waals surface area contributed by atoms with Crippen molar-refractivity contribution in [2.24, 2.45) is 0 Å². The van der Waals surface area contributed by atoms with Crippen LogP contribution in [0.1, 0.15) is 32.6 Å². The molecule has 7 aromatic carbocycles. The van der Waals surface area contributed by atoms with E-state index in [9.17, 15) is 4.79 Å². The van der Waals surface area contributed by atoms with E-state index in [1.54, 1.807) is 0 Å². The van der Waals surface area contributed by atoms with Gasteiger partial charge in [-0.15, -0.1) is 0 Å². The van der Waals surface area contributed by atoms with Gasteiger partial charge in [-0.2, -0.15) is 0 Å². The Kier molecular flexibility index (Phi) is 9.85. The standard InChI is InChI=1S/C47H36N2O/c50-36-41-34-39(23-21-37-25-29-46(30-26-37)48(42-13-5-1-6-14-42)43-15-7-2-8-16-43)33-40(35-41)24-22-38-27-31-47(32-28-38)49(44-17-9-3-10-18-44)45-19-11-4-12-20-45/h1-36H/b23-21+,24-22+. The predicted molar refractivity (Wildman–Crippen MR) is 212 cm³/mol. The van der Waals surface area contributed by atoms with Crippen LogP contribution in [0.4, 0.5) is 34.1 Å². The number of para-hydroxylation sites is 4. The second kappa shape index (κ2) is 15.5. The lowest BCUT2D eigenvalue weighted by Gasteiger charge is -2.25. The van der Waals surface area contributed by atoms with Gasteiger partial charge in [0.2, 0.25) is 0 Å². The largest absolute Gasteiger partial charge is 0.311 e. The van der Waals surface area contributed by atoms with E-state index in [1.165, 1.54) is 0 Å². The van der Waals surface area contributed by atoms with Crippen LogP contribution in [0.3, 0.4) is 0 Å². The van der Waals surface area contributed by atoms with Crippen LogP contribution in [0.2, 0.25) is 0 Å². The lowest BCUT2D eigenvalue weighted by atomic mass is 10.0. The van der Waals surface area contributed by atoms with Crippen molar-refractivity contribution in [3.05, 3.63) is 216 Å². The van der Waals surface area contributed by atoms with E-state index in [0.717, 1.165) is 62.7 Å². The molecule has 0 aromatic heterocycles. The molecular formula is C47H36N2O. The Morgan fingerprint density at radius 1 is 0.280 bits per heavy atom. The Morgan fingerprint density at radius 2 is 0.540 bits per heavy atom. The zero-order valence-corrected chi connectivity index (χ0v) is 27.6. The minimum Gasteiger partial charge on any atom is -0.311 e. The van der Waals surface area contributed by atoms with Crippen LogP contribution in [-0.2, 0) is 0 Å².